The number of carbonyl (C=O) groups is 1. The Balaban J connectivity index is 2.15. The van der Waals surface area contributed by atoms with Gasteiger partial charge in [-0.05, 0) is 37.1 Å². The van der Waals surface area contributed by atoms with E-state index in [4.69, 9.17) is 5.73 Å². The number of halogens is 1. The molecule has 23 heavy (non-hydrogen) atoms. The number of carbonyl (C=O) groups excluding carboxylic acids is 1. The van der Waals surface area contributed by atoms with Gasteiger partial charge in [0.25, 0.3) is 0 Å². The highest BCUT2D eigenvalue weighted by atomic mass is 19.1. The van der Waals surface area contributed by atoms with Crippen LogP contribution in [0.4, 0.5) is 10.2 Å². The van der Waals surface area contributed by atoms with E-state index < -0.39 is 0 Å². The lowest BCUT2D eigenvalue weighted by Crippen LogP contribution is -2.23. The molecule has 7 heteroatoms. The number of nitrogens with one attached hydrogen (secondary N) is 1. The number of nitrogens with two attached hydrogens (primary N) is 1. The fraction of sp³-hybridized carbons (Fsp3) is 0.312. The number of aryl methyl sites for hydroxylation is 1. The minimum Gasteiger partial charge on any atom is -0.382 e. The number of nitriles is 1. The van der Waals surface area contributed by atoms with Crippen molar-refractivity contribution in [2.24, 2.45) is 0 Å². The molecule has 0 unspecified atom stereocenters. The molecule has 1 aromatic heterocycles. The predicted molar refractivity (Wildman–Crippen MR) is 84.3 cm³/mol. The van der Waals surface area contributed by atoms with Gasteiger partial charge < -0.3 is 11.1 Å². The molecule has 0 fully saturated rings. The van der Waals surface area contributed by atoms with Crippen molar-refractivity contribution in [1.29, 1.82) is 5.26 Å². The lowest BCUT2D eigenvalue weighted by Gasteiger charge is -2.03. The number of anilines is 1. The first-order valence-electron chi connectivity index (χ1n) is 7.37. The van der Waals surface area contributed by atoms with Gasteiger partial charge in [0.05, 0.1) is 11.4 Å². The maximum absolute atomic E-state index is 13.0. The summed E-state index contributed by atoms with van der Waals surface area (Å²) in [4.78, 5) is 11.2. The summed E-state index contributed by atoms with van der Waals surface area (Å²) in [6.45, 7) is 2.30. The van der Waals surface area contributed by atoms with Crippen LogP contribution in [0.25, 0.3) is 5.69 Å². The van der Waals surface area contributed by atoms with Crippen LogP contribution >= 0.6 is 0 Å². The highest BCUT2D eigenvalue weighted by molar-refractivity contribution is 5.75. The van der Waals surface area contributed by atoms with Crippen molar-refractivity contribution in [2.75, 3.05) is 12.3 Å². The number of benzene rings is 1. The number of hydrogen-bond donors (Lipinski definition) is 2. The minimum atomic E-state index is -0.355. The summed E-state index contributed by atoms with van der Waals surface area (Å²) in [5.41, 5.74) is 7.45. The first-order valence-corrected chi connectivity index (χ1v) is 7.37. The van der Waals surface area contributed by atoms with E-state index in [0.717, 1.165) is 0 Å². The van der Waals surface area contributed by atoms with Crippen LogP contribution in [0.2, 0.25) is 0 Å². The fourth-order valence-electron chi connectivity index (χ4n) is 2.16. The number of nitrogens with zero attached hydrogens (tertiary/aromatic N) is 3. The van der Waals surface area contributed by atoms with E-state index in [9.17, 15) is 14.4 Å². The smallest absolute Gasteiger partial charge is 0.219 e. The van der Waals surface area contributed by atoms with Crippen LogP contribution in [-0.4, -0.2) is 22.2 Å². The standard InChI is InChI=1S/C16H18FN5O/c1-2-15(23)20-9-3-4-14-13(10-18)16(19)22(21-14)12-7-5-11(17)6-8-12/h5-8H,2-4,9,19H2,1H3,(H,20,23). The molecule has 0 spiro atoms. The average Bonchev–Trinajstić information content (AvgIpc) is 2.87. The third-order valence-corrected chi connectivity index (χ3v) is 3.41. The average molecular weight is 315 g/mol. The quantitative estimate of drug-likeness (QED) is 0.796. The second-order valence-electron chi connectivity index (χ2n) is 5.01. The minimum absolute atomic E-state index is 0.0122. The van der Waals surface area contributed by atoms with Crippen molar-refractivity contribution in [1.82, 2.24) is 15.1 Å². The first-order chi connectivity index (χ1) is 11.1. The largest absolute Gasteiger partial charge is 0.382 e. The molecule has 3 N–H and O–H groups in total. The van der Waals surface area contributed by atoms with Gasteiger partial charge in [0.2, 0.25) is 5.91 Å². The first kappa shape index (κ1) is 16.5. The van der Waals surface area contributed by atoms with E-state index in [1.165, 1.54) is 16.8 Å². The summed E-state index contributed by atoms with van der Waals surface area (Å²) in [5, 5.41) is 16.4. The number of amides is 1. The highest BCUT2D eigenvalue weighted by Crippen LogP contribution is 2.21. The maximum Gasteiger partial charge on any atom is 0.219 e. The van der Waals surface area contributed by atoms with Gasteiger partial charge in [0.15, 0.2) is 0 Å². The van der Waals surface area contributed by atoms with Gasteiger partial charge in [-0.2, -0.15) is 10.4 Å². The lowest BCUT2D eigenvalue weighted by molar-refractivity contribution is -0.120. The second-order valence-corrected chi connectivity index (χ2v) is 5.01. The zero-order valence-electron chi connectivity index (χ0n) is 12.8. The Morgan fingerprint density at radius 3 is 2.74 bits per heavy atom. The van der Waals surface area contributed by atoms with E-state index in [1.807, 2.05) is 0 Å². The summed E-state index contributed by atoms with van der Waals surface area (Å²) >= 11 is 0. The lowest BCUT2D eigenvalue weighted by atomic mass is 10.1. The summed E-state index contributed by atoms with van der Waals surface area (Å²) in [6, 6.07) is 7.77. The van der Waals surface area contributed by atoms with Crippen LogP contribution in [0, 0.1) is 17.1 Å². The van der Waals surface area contributed by atoms with Crippen LogP contribution in [0.1, 0.15) is 31.0 Å². The molecule has 0 bridgehead atoms. The molecular formula is C16H18FN5O. The Hall–Kier alpha value is -2.88. The van der Waals surface area contributed by atoms with Crippen molar-refractivity contribution in [2.45, 2.75) is 26.2 Å². The van der Waals surface area contributed by atoms with Gasteiger partial charge in [-0.3, -0.25) is 4.79 Å². The Labute approximate surface area is 133 Å². The van der Waals surface area contributed by atoms with E-state index in [0.29, 0.717) is 42.8 Å². The van der Waals surface area contributed by atoms with Crippen molar-refractivity contribution < 1.29 is 9.18 Å². The molecule has 0 radical (unpaired) electrons. The van der Waals surface area contributed by atoms with Crippen LogP contribution in [0.5, 0.6) is 0 Å². The number of rotatable bonds is 6. The monoisotopic (exact) mass is 315 g/mol. The summed E-state index contributed by atoms with van der Waals surface area (Å²) in [5.74, 6) is -0.138. The second kappa shape index (κ2) is 7.40. The van der Waals surface area contributed by atoms with Crippen LogP contribution in [0.3, 0.4) is 0 Å². The molecule has 2 aromatic rings. The SMILES string of the molecule is CCC(=O)NCCCc1nn(-c2ccc(F)cc2)c(N)c1C#N. The maximum atomic E-state index is 13.0. The summed E-state index contributed by atoms with van der Waals surface area (Å²) in [7, 11) is 0. The highest BCUT2D eigenvalue weighted by Gasteiger charge is 2.16. The van der Waals surface area contributed by atoms with Gasteiger partial charge >= 0.3 is 0 Å². The van der Waals surface area contributed by atoms with Gasteiger partial charge in [-0.25, -0.2) is 9.07 Å². The molecule has 6 nitrogen and oxygen atoms in total. The molecule has 0 saturated heterocycles. The van der Waals surface area contributed by atoms with Crippen molar-refractivity contribution in [3.8, 4) is 11.8 Å². The molecule has 1 aromatic carbocycles. The molecule has 1 amide bonds. The van der Waals surface area contributed by atoms with Gasteiger partial charge in [-0.1, -0.05) is 6.92 Å². The van der Waals surface area contributed by atoms with Crippen molar-refractivity contribution in [3.05, 3.63) is 41.3 Å². The van der Waals surface area contributed by atoms with E-state index in [1.54, 1.807) is 19.1 Å². The number of aromatic nitrogens is 2. The third kappa shape index (κ3) is 3.86. The summed E-state index contributed by atoms with van der Waals surface area (Å²) in [6.07, 6.45) is 1.61. The molecule has 120 valence electrons. The molecule has 1 heterocycles. The Kier molecular flexibility index (Phi) is 5.31. The van der Waals surface area contributed by atoms with E-state index in [2.05, 4.69) is 16.5 Å². The zero-order chi connectivity index (χ0) is 16.8. The van der Waals surface area contributed by atoms with Gasteiger partial charge in [0, 0.05) is 13.0 Å². The van der Waals surface area contributed by atoms with Crippen molar-refractivity contribution in [3.63, 3.8) is 0 Å². The Bertz CT molecular complexity index is 730. The molecule has 0 aliphatic rings. The molecular weight excluding hydrogens is 297 g/mol. The van der Waals surface area contributed by atoms with E-state index in [-0.39, 0.29) is 17.5 Å². The van der Waals surface area contributed by atoms with E-state index >= 15 is 0 Å². The summed E-state index contributed by atoms with van der Waals surface area (Å²) < 4.78 is 14.4. The van der Waals surface area contributed by atoms with Crippen LogP contribution < -0.4 is 11.1 Å². The number of nitrogen functional groups attached to an aromatic ring is 1. The molecule has 0 aliphatic carbocycles. The van der Waals surface area contributed by atoms with Crippen LogP contribution in [-0.2, 0) is 11.2 Å². The van der Waals surface area contributed by atoms with Crippen molar-refractivity contribution >= 4 is 11.7 Å². The Morgan fingerprint density at radius 1 is 1.43 bits per heavy atom. The number of hydrogen-bond acceptors (Lipinski definition) is 4. The van der Waals surface area contributed by atoms with Gasteiger partial charge in [0.1, 0.15) is 23.3 Å². The molecule has 2 rings (SSSR count). The fourth-order valence-corrected chi connectivity index (χ4v) is 2.16. The van der Waals surface area contributed by atoms with Gasteiger partial charge in [-0.15, -0.1) is 0 Å². The topological polar surface area (TPSA) is 96.7 Å². The molecule has 0 atom stereocenters. The molecule has 0 aliphatic heterocycles. The Morgan fingerprint density at radius 2 is 2.13 bits per heavy atom. The molecule has 0 saturated carbocycles. The van der Waals surface area contributed by atoms with Crippen LogP contribution in [0.15, 0.2) is 24.3 Å². The normalized spacial score (nSPS) is 10.3. The zero-order valence-corrected chi connectivity index (χ0v) is 12.8. The predicted octanol–water partition coefficient (Wildman–Crippen LogP) is 1.92. The third-order valence-electron chi connectivity index (χ3n) is 3.41.